The van der Waals surface area contributed by atoms with Crippen LogP contribution in [0.25, 0.3) is 33.4 Å². The van der Waals surface area contributed by atoms with E-state index in [2.05, 4.69) is 238 Å². The molecule has 8 rings (SSSR count). The molecule has 4 heterocycles. The standard InChI is InChI=1S/C69H111N3O6.C42H57N6.3BF4.3Pt/c1-2-8-14-20-26-32-38-44-59-74-65-53-50-55-67(71-65)76-61-46-40-34-28-22-16-10-5-6-12-18-24-30-36-42-48-63-78-69-57-51-56-68(72-69)77-62-47-41-35-29-23-17-11-4-3-9-15-21-27-33-39-45-60-75-66-54-49-52-64(70-66)73-58-43-37-31-25-19-13-7-1;1-43(2)25-31-13-32(26-44(3)4)17-37(16-31)40-22-41(38-18-33(27-45(5)6)14-34(19-38)28-46(7)8)24-42(23-40)39-20-35(29-47(9)10)15-36(21-39)30-48(11)12;3*2-1(3,4)5;;;/h1-6,49-57H,7-48,58-63H2;16-24H,25-30H2,1-12H3;;;;;;/q;-3;3*-1;3*+2. The number of halogens is 12. The van der Waals surface area contributed by atoms with Gasteiger partial charge in [-0.25, -0.2) is 0 Å². The molecular weight excluding hydrogens is 2400 g/mol. The van der Waals surface area contributed by atoms with Crippen molar-refractivity contribution in [1.29, 1.82) is 0 Å². The summed E-state index contributed by atoms with van der Waals surface area (Å²) in [6, 6.07) is 49.8. The number of pyridine rings is 3. The van der Waals surface area contributed by atoms with Gasteiger partial charge in [0.25, 0.3) is 0 Å². The summed E-state index contributed by atoms with van der Waals surface area (Å²) in [6.07, 6.45) is 66.5. The number of hydrogen-bond acceptors (Lipinski definition) is 15. The van der Waals surface area contributed by atoms with Crippen molar-refractivity contribution in [3.05, 3.63) is 197 Å². The minimum absolute atomic E-state index is 0. The van der Waals surface area contributed by atoms with Gasteiger partial charge in [-0.05, 0) is 217 Å². The predicted octanol–water partition coefficient (Wildman–Crippen LogP) is 31.0. The number of allylic oxidation sites excluding steroid dienone is 6. The first-order valence-electron chi connectivity index (χ1n) is 51.9. The second kappa shape index (κ2) is 83.3. The number of rotatable bonds is 15. The quantitative estimate of drug-likeness (QED) is 0.0420. The van der Waals surface area contributed by atoms with Crippen molar-refractivity contribution in [1.82, 2.24) is 44.4 Å². The Labute approximate surface area is 902 Å². The molecular formula is C111H168B3F12N9O6Pt3. The van der Waals surface area contributed by atoms with Crippen LogP contribution < -0.4 is 28.4 Å². The molecule has 0 spiro atoms. The average molecular weight is 2570 g/mol. The van der Waals surface area contributed by atoms with Gasteiger partial charge >= 0.3 is 85.0 Å². The van der Waals surface area contributed by atoms with Crippen LogP contribution in [0.3, 0.4) is 0 Å². The first-order valence-corrected chi connectivity index (χ1v) is 51.9. The van der Waals surface area contributed by atoms with Crippen LogP contribution in [0, 0.1) is 18.2 Å². The van der Waals surface area contributed by atoms with Crippen molar-refractivity contribution < 1.29 is 143 Å². The van der Waals surface area contributed by atoms with Crippen LogP contribution in [-0.2, 0) is 102 Å². The Morgan fingerprint density at radius 2 is 0.333 bits per heavy atom. The van der Waals surface area contributed by atoms with Crippen LogP contribution in [-0.4, -0.2) is 190 Å². The molecule has 4 aromatic carbocycles. The van der Waals surface area contributed by atoms with Gasteiger partial charge in [0.2, 0.25) is 35.3 Å². The number of hydrogen-bond donors (Lipinski definition) is 0. The van der Waals surface area contributed by atoms with E-state index in [-0.39, 0.29) is 63.2 Å². The van der Waals surface area contributed by atoms with Crippen LogP contribution in [0.4, 0.5) is 51.8 Å². The Bertz CT molecular complexity index is 3800. The summed E-state index contributed by atoms with van der Waals surface area (Å²) in [5.74, 6) is 4.05. The fourth-order valence-corrected chi connectivity index (χ4v) is 16.1. The third-order valence-corrected chi connectivity index (χ3v) is 22.5. The summed E-state index contributed by atoms with van der Waals surface area (Å²) in [7, 11) is 7.46. The zero-order chi connectivity index (χ0) is 103. The maximum atomic E-state index is 9.75. The van der Waals surface area contributed by atoms with Crippen molar-refractivity contribution in [3.8, 4) is 68.7 Å². The molecule has 0 radical (unpaired) electrons. The van der Waals surface area contributed by atoms with Gasteiger partial charge in [-0.3, -0.25) is 0 Å². The smallest absolute Gasteiger partial charge is 0.478 e. The summed E-state index contributed by atoms with van der Waals surface area (Å²) < 4.78 is 153. The Morgan fingerprint density at radius 3 is 0.472 bits per heavy atom. The third-order valence-electron chi connectivity index (χ3n) is 22.5. The van der Waals surface area contributed by atoms with Gasteiger partial charge in [0.05, 0.1) is 39.6 Å². The average Bonchev–Trinajstić information content (AvgIpc) is 0.781. The molecule has 0 unspecified atom stereocenters. The van der Waals surface area contributed by atoms with E-state index in [1.165, 1.54) is 298 Å². The molecule has 15 nitrogen and oxygen atoms in total. The first-order chi connectivity index (χ1) is 67.5. The SMILES string of the molecule is C1=CCCCCCCCCOc2cccc(n2)OCCCCCCCCC=CCCCCCCCCOc2cccc(n2)OCCCCCCCCC=CCCCCCCCCOc2cccc(n2)OCCCCCCCC1.CN(C)Cc1[c-]c(CN(C)C)cc(-c2cc(-c3cc(CN(C)C)[c-]c(CN(C)C)c3)cc(-c3cc(CN(C)C)[c-]c(CN(C)C)c3)c2)c1.F[B-](F)(F)F.F[B-](F)(F)F.F[B-](F)(F)F.[Pt+2].[Pt+2].[Pt+2]. The Kier molecular flexibility index (Phi) is 78.4. The molecule has 0 aliphatic carbocycles. The number of nitrogens with zero attached hydrogens (tertiary/aromatic N) is 9. The molecule has 144 heavy (non-hydrogen) atoms. The summed E-state index contributed by atoms with van der Waals surface area (Å²) in [6.45, 7) is 9.35. The topological polar surface area (TPSA) is 113 Å². The van der Waals surface area contributed by atoms with E-state index in [4.69, 9.17) is 28.4 Å². The van der Waals surface area contributed by atoms with Crippen LogP contribution in [0.15, 0.2) is 146 Å². The van der Waals surface area contributed by atoms with Gasteiger partial charge in [-0.15, -0.1) is 50.1 Å². The van der Waals surface area contributed by atoms with Crippen LogP contribution in [0.5, 0.6) is 35.3 Å². The van der Waals surface area contributed by atoms with Gasteiger partial charge in [-0.2, -0.15) is 69.5 Å². The van der Waals surface area contributed by atoms with E-state index in [0.29, 0.717) is 35.3 Å². The minimum Gasteiger partial charge on any atom is -0.478 e. The summed E-state index contributed by atoms with van der Waals surface area (Å²) in [4.78, 5) is 27.1. The summed E-state index contributed by atoms with van der Waals surface area (Å²) in [5.41, 5.74) is 14.5. The van der Waals surface area contributed by atoms with E-state index >= 15 is 0 Å². The van der Waals surface area contributed by atoms with E-state index < -0.39 is 21.8 Å². The van der Waals surface area contributed by atoms with Crippen molar-refractivity contribution in [3.63, 3.8) is 0 Å². The van der Waals surface area contributed by atoms with Gasteiger partial charge in [0.15, 0.2) is 0 Å². The van der Waals surface area contributed by atoms with Crippen molar-refractivity contribution in [2.75, 3.05) is 124 Å². The molecule has 0 amide bonds. The molecule has 1 aliphatic rings. The second-order valence-corrected chi connectivity index (χ2v) is 38.4. The molecule has 0 fully saturated rings. The van der Waals surface area contributed by atoms with Gasteiger partial charge < -0.3 is 110 Å². The number of aromatic nitrogens is 3. The second-order valence-electron chi connectivity index (χ2n) is 38.4. The molecule has 816 valence electrons. The number of fused-ring (bicyclic) bond motifs is 6. The fraction of sp³-hybridized carbons (Fsp3) is 0.595. The molecule has 0 saturated carbocycles. The molecule has 0 N–H and O–H groups in total. The van der Waals surface area contributed by atoms with Crippen molar-refractivity contribution in [2.45, 2.75) is 309 Å². The molecule has 1 aliphatic heterocycles. The molecule has 0 atom stereocenters. The molecule has 3 aromatic heterocycles. The normalized spacial score (nSPS) is 16.0. The van der Waals surface area contributed by atoms with Gasteiger partial charge in [0, 0.05) is 75.7 Å². The third kappa shape index (κ3) is 78.7. The summed E-state index contributed by atoms with van der Waals surface area (Å²) in [5, 5.41) is 0. The van der Waals surface area contributed by atoms with E-state index in [0.717, 1.165) is 117 Å². The molecule has 7 aromatic rings. The van der Waals surface area contributed by atoms with Gasteiger partial charge in [0.1, 0.15) is 0 Å². The van der Waals surface area contributed by atoms with Crippen molar-refractivity contribution in [2.24, 2.45) is 0 Å². The minimum atomic E-state index is -6.00. The predicted molar refractivity (Wildman–Crippen MR) is 561 cm³/mol. The largest absolute Gasteiger partial charge is 2.00 e. The number of benzene rings is 4. The Hall–Kier alpha value is -6.47. The fourth-order valence-electron chi connectivity index (χ4n) is 16.1. The maximum Gasteiger partial charge on any atom is 2.00 e. The Balaban J connectivity index is 0.00000133. The van der Waals surface area contributed by atoms with Gasteiger partial charge in [-0.1, -0.05) is 227 Å². The van der Waals surface area contributed by atoms with Crippen molar-refractivity contribution >= 4 is 21.8 Å². The van der Waals surface area contributed by atoms with Crippen LogP contribution >= 0.6 is 0 Å². The zero-order valence-electron chi connectivity index (χ0n) is 88.2. The zero-order valence-corrected chi connectivity index (χ0v) is 95.0. The Morgan fingerprint density at radius 1 is 0.208 bits per heavy atom. The van der Waals surface area contributed by atoms with Crippen LogP contribution in [0.1, 0.15) is 303 Å². The van der Waals surface area contributed by atoms with E-state index in [1.807, 2.05) is 54.6 Å². The number of ether oxygens (including phenoxy) is 6. The maximum absolute atomic E-state index is 9.75. The molecule has 0 saturated heterocycles. The molecule has 6 bridgehead atoms. The first kappa shape index (κ1) is 136. The monoisotopic (exact) mass is 2570 g/mol. The van der Waals surface area contributed by atoms with E-state index in [9.17, 15) is 51.8 Å². The van der Waals surface area contributed by atoms with E-state index in [1.54, 1.807) is 0 Å². The molecule has 33 heteroatoms. The summed E-state index contributed by atoms with van der Waals surface area (Å²) >= 11 is 0. The van der Waals surface area contributed by atoms with Crippen LogP contribution in [0.2, 0.25) is 0 Å².